The summed E-state index contributed by atoms with van der Waals surface area (Å²) in [5.74, 6) is -0.768. The maximum atomic E-state index is 13.1. The van der Waals surface area contributed by atoms with Crippen LogP contribution in [0.1, 0.15) is 21.5 Å². The number of thioether (sulfide) groups is 1. The third-order valence-corrected chi connectivity index (χ3v) is 5.82. The van der Waals surface area contributed by atoms with Gasteiger partial charge in [0.25, 0.3) is 17.1 Å². The van der Waals surface area contributed by atoms with Gasteiger partial charge in [0, 0.05) is 25.5 Å². The standard InChI is InChI=1S/C25H20FN3O4S/c26-19-9-7-17(8-10-19)16-33-21-6-2-1-5-20(21)23(30)28-12-13-29-24(31)22(34-25(29)32)14-18-4-3-11-27-15-18/h1-11,14-15H,12-13,16H2,(H,28,30). The number of amides is 3. The molecule has 1 aliphatic rings. The van der Waals surface area contributed by atoms with Gasteiger partial charge in [0.05, 0.1) is 10.5 Å². The lowest BCUT2D eigenvalue weighted by Gasteiger charge is -2.14. The number of carbonyl (C=O) groups excluding carboxylic acids is 3. The van der Waals surface area contributed by atoms with Crippen LogP contribution in [0.3, 0.4) is 0 Å². The minimum absolute atomic E-state index is 0.0411. The lowest BCUT2D eigenvalue weighted by molar-refractivity contribution is -0.122. The van der Waals surface area contributed by atoms with Gasteiger partial charge in [-0.1, -0.05) is 30.3 Å². The smallest absolute Gasteiger partial charge is 0.293 e. The molecule has 0 saturated carbocycles. The van der Waals surface area contributed by atoms with Crippen molar-refractivity contribution in [1.29, 1.82) is 0 Å². The first kappa shape index (κ1) is 23.2. The zero-order chi connectivity index (χ0) is 23.9. The molecule has 0 spiro atoms. The van der Waals surface area contributed by atoms with Crippen LogP contribution in [0.25, 0.3) is 6.08 Å². The highest BCUT2D eigenvalue weighted by molar-refractivity contribution is 8.18. The maximum Gasteiger partial charge on any atom is 0.293 e. The van der Waals surface area contributed by atoms with Crippen molar-refractivity contribution in [3.05, 3.63) is 100 Å². The van der Waals surface area contributed by atoms with Crippen LogP contribution in [0.15, 0.2) is 78.0 Å². The quantitative estimate of drug-likeness (QED) is 0.488. The topological polar surface area (TPSA) is 88.6 Å². The number of halogens is 1. The first-order valence-electron chi connectivity index (χ1n) is 10.4. The molecule has 34 heavy (non-hydrogen) atoms. The van der Waals surface area contributed by atoms with E-state index in [4.69, 9.17) is 4.74 Å². The number of imide groups is 1. The highest BCUT2D eigenvalue weighted by Gasteiger charge is 2.34. The molecular formula is C25H20FN3O4S. The fraction of sp³-hybridized carbons (Fsp3) is 0.120. The molecule has 2 aromatic carbocycles. The van der Waals surface area contributed by atoms with Crippen molar-refractivity contribution >= 4 is 34.9 Å². The van der Waals surface area contributed by atoms with Crippen molar-refractivity contribution in [3.8, 4) is 5.75 Å². The van der Waals surface area contributed by atoms with Gasteiger partial charge in [0.1, 0.15) is 18.2 Å². The number of aromatic nitrogens is 1. The third-order valence-electron chi connectivity index (χ3n) is 4.92. The Bertz CT molecular complexity index is 1230. The summed E-state index contributed by atoms with van der Waals surface area (Å²) in [7, 11) is 0. The van der Waals surface area contributed by atoms with Crippen LogP contribution in [-0.4, -0.2) is 40.0 Å². The molecule has 7 nitrogen and oxygen atoms in total. The molecule has 0 unspecified atom stereocenters. The van der Waals surface area contributed by atoms with Crippen LogP contribution >= 0.6 is 11.8 Å². The molecule has 9 heteroatoms. The molecule has 0 aliphatic carbocycles. The van der Waals surface area contributed by atoms with E-state index in [1.807, 2.05) is 0 Å². The van der Waals surface area contributed by atoms with E-state index in [0.717, 1.165) is 27.8 Å². The number of benzene rings is 2. The molecule has 1 N–H and O–H groups in total. The first-order valence-corrected chi connectivity index (χ1v) is 11.2. The van der Waals surface area contributed by atoms with E-state index in [0.29, 0.717) is 16.2 Å². The fourth-order valence-corrected chi connectivity index (χ4v) is 4.07. The number of para-hydroxylation sites is 1. The molecule has 172 valence electrons. The average molecular weight is 478 g/mol. The number of hydrogen-bond acceptors (Lipinski definition) is 6. The second-order valence-electron chi connectivity index (χ2n) is 7.29. The molecule has 1 aromatic heterocycles. The van der Waals surface area contributed by atoms with E-state index in [-0.39, 0.29) is 25.5 Å². The minimum Gasteiger partial charge on any atom is -0.488 e. The molecule has 0 bridgehead atoms. The average Bonchev–Trinajstić information content (AvgIpc) is 3.11. The van der Waals surface area contributed by atoms with Crippen LogP contribution in [-0.2, 0) is 11.4 Å². The Morgan fingerprint density at radius 1 is 1.09 bits per heavy atom. The molecule has 2 heterocycles. The van der Waals surface area contributed by atoms with Crippen molar-refractivity contribution in [2.45, 2.75) is 6.61 Å². The van der Waals surface area contributed by atoms with Crippen LogP contribution < -0.4 is 10.1 Å². The third kappa shape index (κ3) is 5.68. The number of hydrogen-bond donors (Lipinski definition) is 1. The van der Waals surface area contributed by atoms with Gasteiger partial charge in [-0.05, 0) is 59.3 Å². The van der Waals surface area contributed by atoms with Gasteiger partial charge < -0.3 is 10.1 Å². The first-order chi connectivity index (χ1) is 16.5. The Hall–Kier alpha value is -3.98. The SMILES string of the molecule is O=C(NCCN1C(=O)SC(=Cc2cccnc2)C1=O)c1ccccc1OCc1ccc(F)cc1. The Labute approximate surface area is 199 Å². The van der Waals surface area contributed by atoms with E-state index in [9.17, 15) is 18.8 Å². The lowest BCUT2D eigenvalue weighted by Crippen LogP contribution is -2.37. The number of nitrogens with zero attached hydrogens (tertiary/aromatic N) is 2. The number of ether oxygens (including phenoxy) is 1. The van der Waals surface area contributed by atoms with E-state index in [1.165, 1.54) is 12.1 Å². The van der Waals surface area contributed by atoms with Gasteiger partial charge in [-0.15, -0.1) is 0 Å². The normalized spacial score (nSPS) is 14.5. The predicted octanol–water partition coefficient (Wildman–Crippen LogP) is 4.27. The van der Waals surface area contributed by atoms with Gasteiger partial charge in [-0.25, -0.2) is 4.39 Å². The summed E-state index contributed by atoms with van der Waals surface area (Å²) >= 11 is 0.854. The monoisotopic (exact) mass is 477 g/mol. The predicted molar refractivity (Wildman–Crippen MR) is 126 cm³/mol. The largest absolute Gasteiger partial charge is 0.488 e. The van der Waals surface area contributed by atoms with Gasteiger partial charge in [0.15, 0.2) is 0 Å². The molecule has 3 amide bonds. The minimum atomic E-state index is -0.406. The molecule has 1 fully saturated rings. The number of pyridine rings is 1. The van der Waals surface area contributed by atoms with Gasteiger partial charge in [0.2, 0.25) is 0 Å². The summed E-state index contributed by atoms with van der Waals surface area (Å²) < 4.78 is 18.8. The van der Waals surface area contributed by atoms with Crippen molar-refractivity contribution in [2.24, 2.45) is 0 Å². The summed E-state index contributed by atoms with van der Waals surface area (Å²) in [5, 5.41) is 2.33. The van der Waals surface area contributed by atoms with Crippen molar-refractivity contribution in [2.75, 3.05) is 13.1 Å². The summed E-state index contributed by atoms with van der Waals surface area (Å²) in [4.78, 5) is 43.0. The summed E-state index contributed by atoms with van der Waals surface area (Å²) in [6.07, 6.45) is 4.84. The highest BCUT2D eigenvalue weighted by atomic mass is 32.2. The zero-order valence-electron chi connectivity index (χ0n) is 17.9. The Morgan fingerprint density at radius 2 is 1.88 bits per heavy atom. The van der Waals surface area contributed by atoms with E-state index in [2.05, 4.69) is 10.3 Å². The summed E-state index contributed by atoms with van der Waals surface area (Å²) in [6, 6.07) is 16.2. The molecule has 4 rings (SSSR count). The van der Waals surface area contributed by atoms with Crippen LogP contribution in [0.2, 0.25) is 0 Å². The lowest BCUT2D eigenvalue weighted by atomic mass is 10.2. The van der Waals surface area contributed by atoms with Crippen LogP contribution in [0, 0.1) is 5.82 Å². The number of carbonyl (C=O) groups is 3. The number of rotatable bonds is 8. The fourth-order valence-electron chi connectivity index (χ4n) is 3.20. The van der Waals surface area contributed by atoms with Gasteiger partial charge in [-0.3, -0.25) is 24.3 Å². The molecule has 3 aromatic rings. The second-order valence-corrected chi connectivity index (χ2v) is 8.28. The summed E-state index contributed by atoms with van der Waals surface area (Å²) in [6.45, 7) is 0.299. The number of nitrogens with one attached hydrogen (secondary N) is 1. The molecular weight excluding hydrogens is 457 g/mol. The van der Waals surface area contributed by atoms with Crippen molar-refractivity contribution in [3.63, 3.8) is 0 Å². The summed E-state index contributed by atoms with van der Waals surface area (Å²) in [5.41, 5.74) is 1.80. The molecule has 0 radical (unpaired) electrons. The van der Waals surface area contributed by atoms with Gasteiger partial charge in [-0.2, -0.15) is 0 Å². The van der Waals surface area contributed by atoms with E-state index in [1.54, 1.807) is 67.0 Å². The highest BCUT2D eigenvalue weighted by Crippen LogP contribution is 2.31. The van der Waals surface area contributed by atoms with Gasteiger partial charge >= 0.3 is 0 Å². The molecule has 1 saturated heterocycles. The van der Waals surface area contributed by atoms with E-state index < -0.39 is 17.1 Å². The van der Waals surface area contributed by atoms with Crippen molar-refractivity contribution in [1.82, 2.24) is 15.2 Å². The Balaban J connectivity index is 1.33. The zero-order valence-corrected chi connectivity index (χ0v) is 18.8. The van der Waals surface area contributed by atoms with Crippen molar-refractivity contribution < 1.29 is 23.5 Å². The van der Waals surface area contributed by atoms with Crippen LogP contribution in [0.4, 0.5) is 9.18 Å². The molecule has 0 atom stereocenters. The molecule has 1 aliphatic heterocycles. The Kier molecular flexibility index (Phi) is 7.34. The second kappa shape index (κ2) is 10.8. The van der Waals surface area contributed by atoms with E-state index >= 15 is 0 Å². The maximum absolute atomic E-state index is 13.1. The van der Waals surface area contributed by atoms with Crippen LogP contribution in [0.5, 0.6) is 5.75 Å². The Morgan fingerprint density at radius 3 is 2.65 bits per heavy atom.